The van der Waals surface area contributed by atoms with E-state index in [4.69, 9.17) is 4.42 Å². The Morgan fingerprint density at radius 3 is 2.72 bits per heavy atom. The third-order valence-electron chi connectivity index (χ3n) is 3.72. The lowest BCUT2D eigenvalue weighted by Gasteiger charge is -2.31. The van der Waals surface area contributed by atoms with E-state index in [1.54, 1.807) is 12.3 Å². The number of rotatable bonds is 1. The number of furan rings is 1. The minimum Gasteiger partial charge on any atom is -0.460 e. The van der Waals surface area contributed by atoms with Crippen LogP contribution < -0.4 is 0 Å². The standard InChI is InChI=1S/C16H14O2/c1-4-10-9-18-15-13(10)16(2,3)12-8-6-5-7-11(12)14(15)17/h4-9H,1H2,2-3H3. The van der Waals surface area contributed by atoms with Gasteiger partial charge in [-0.1, -0.05) is 50.8 Å². The highest BCUT2D eigenvalue weighted by molar-refractivity contribution is 6.11. The van der Waals surface area contributed by atoms with E-state index in [2.05, 4.69) is 20.4 Å². The van der Waals surface area contributed by atoms with Crippen LogP contribution in [0.25, 0.3) is 6.08 Å². The second-order valence-corrected chi connectivity index (χ2v) is 5.10. The summed E-state index contributed by atoms with van der Waals surface area (Å²) in [6.45, 7) is 8.01. The van der Waals surface area contributed by atoms with Gasteiger partial charge in [0.2, 0.25) is 5.78 Å². The van der Waals surface area contributed by atoms with Crippen molar-refractivity contribution in [3.05, 3.63) is 65.1 Å². The molecular weight excluding hydrogens is 224 g/mol. The predicted octanol–water partition coefficient (Wildman–Crippen LogP) is 3.79. The van der Waals surface area contributed by atoms with E-state index in [0.29, 0.717) is 5.76 Å². The molecule has 1 aliphatic rings. The summed E-state index contributed by atoms with van der Waals surface area (Å²) in [4.78, 5) is 12.4. The van der Waals surface area contributed by atoms with Crippen LogP contribution in [0.4, 0.5) is 0 Å². The first-order chi connectivity index (χ1) is 8.57. The van der Waals surface area contributed by atoms with Crippen LogP contribution in [0.3, 0.4) is 0 Å². The van der Waals surface area contributed by atoms with Crippen LogP contribution in [0, 0.1) is 0 Å². The molecule has 0 radical (unpaired) electrons. The minimum absolute atomic E-state index is 0.0342. The smallest absolute Gasteiger partial charge is 0.228 e. The molecule has 0 N–H and O–H groups in total. The molecule has 1 aliphatic carbocycles. The summed E-state index contributed by atoms with van der Waals surface area (Å²) in [5.74, 6) is 0.418. The first-order valence-electron chi connectivity index (χ1n) is 5.96. The Hall–Kier alpha value is -2.09. The monoisotopic (exact) mass is 238 g/mol. The van der Waals surface area contributed by atoms with Crippen molar-refractivity contribution >= 4 is 11.9 Å². The number of hydrogen-bond donors (Lipinski definition) is 0. The van der Waals surface area contributed by atoms with Gasteiger partial charge in [0.1, 0.15) is 0 Å². The number of ketones is 1. The van der Waals surface area contributed by atoms with E-state index >= 15 is 0 Å². The summed E-state index contributed by atoms with van der Waals surface area (Å²) >= 11 is 0. The molecule has 1 aromatic heterocycles. The van der Waals surface area contributed by atoms with Gasteiger partial charge >= 0.3 is 0 Å². The van der Waals surface area contributed by atoms with Crippen molar-refractivity contribution in [3.8, 4) is 0 Å². The summed E-state index contributed by atoms with van der Waals surface area (Å²) in [5.41, 5.74) is 3.39. The number of hydrogen-bond acceptors (Lipinski definition) is 2. The molecule has 3 rings (SSSR count). The average Bonchev–Trinajstić information content (AvgIpc) is 2.81. The molecule has 1 heterocycles. The highest BCUT2D eigenvalue weighted by Crippen LogP contribution is 2.43. The van der Waals surface area contributed by atoms with Gasteiger partial charge in [-0.25, -0.2) is 0 Å². The maximum Gasteiger partial charge on any atom is 0.228 e. The second kappa shape index (κ2) is 3.45. The first kappa shape index (κ1) is 11.0. The zero-order chi connectivity index (χ0) is 12.9. The number of fused-ring (bicyclic) bond motifs is 2. The minimum atomic E-state index is -0.240. The highest BCUT2D eigenvalue weighted by atomic mass is 16.3. The largest absolute Gasteiger partial charge is 0.460 e. The van der Waals surface area contributed by atoms with E-state index in [-0.39, 0.29) is 11.2 Å². The fourth-order valence-electron chi connectivity index (χ4n) is 2.82. The molecule has 0 spiro atoms. The summed E-state index contributed by atoms with van der Waals surface area (Å²) in [5, 5.41) is 0. The summed E-state index contributed by atoms with van der Waals surface area (Å²) in [7, 11) is 0. The first-order valence-corrected chi connectivity index (χ1v) is 5.96. The van der Waals surface area contributed by atoms with Crippen molar-refractivity contribution in [2.24, 2.45) is 0 Å². The van der Waals surface area contributed by atoms with Crippen LogP contribution in [0.2, 0.25) is 0 Å². The molecule has 2 aromatic rings. The Morgan fingerprint density at radius 1 is 1.28 bits per heavy atom. The number of carbonyl (C=O) groups is 1. The van der Waals surface area contributed by atoms with Gasteiger partial charge in [0.25, 0.3) is 0 Å². The Labute approximate surface area is 106 Å². The molecule has 0 saturated heterocycles. The molecule has 0 fully saturated rings. The summed E-state index contributed by atoms with van der Waals surface area (Å²) in [6, 6.07) is 7.72. The fraction of sp³-hybridized carbons (Fsp3) is 0.188. The van der Waals surface area contributed by atoms with Crippen molar-refractivity contribution in [2.45, 2.75) is 19.3 Å². The Balaban J connectivity index is 2.39. The van der Waals surface area contributed by atoms with Crippen molar-refractivity contribution in [2.75, 3.05) is 0 Å². The third-order valence-corrected chi connectivity index (χ3v) is 3.72. The lowest BCUT2D eigenvalue weighted by atomic mass is 9.69. The molecule has 90 valence electrons. The number of carbonyl (C=O) groups excluding carboxylic acids is 1. The zero-order valence-electron chi connectivity index (χ0n) is 10.5. The van der Waals surface area contributed by atoms with Crippen LogP contribution in [0.15, 0.2) is 41.5 Å². The predicted molar refractivity (Wildman–Crippen MR) is 70.8 cm³/mol. The van der Waals surface area contributed by atoms with Crippen molar-refractivity contribution in [3.63, 3.8) is 0 Å². The quantitative estimate of drug-likeness (QED) is 0.756. The van der Waals surface area contributed by atoms with E-state index in [9.17, 15) is 4.79 Å². The maximum atomic E-state index is 12.4. The van der Waals surface area contributed by atoms with E-state index in [1.807, 2.05) is 24.3 Å². The molecule has 0 bridgehead atoms. The highest BCUT2D eigenvalue weighted by Gasteiger charge is 2.40. The van der Waals surface area contributed by atoms with Crippen molar-refractivity contribution < 1.29 is 9.21 Å². The normalized spacial score (nSPS) is 16.0. The molecule has 2 heteroatoms. The molecule has 1 aromatic carbocycles. The third kappa shape index (κ3) is 1.20. The van der Waals surface area contributed by atoms with Crippen LogP contribution in [0.5, 0.6) is 0 Å². The van der Waals surface area contributed by atoms with Crippen LogP contribution >= 0.6 is 0 Å². The van der Waals surface area contributed by atoms with E-state index in [0.717, 1.165) is 22.3 Å². The van der Waals surface area contributed by atoms with Gasteiger partial charge < -0.3 is 4.42 Å². The Bertz CT molecular complexity index is 659. The average molecular weight is 238 g/mol. The van der Waals surface area contributed by atoms with E-state index < -0.39 is 0 Å². The SMILES string of the molecule is C=Cc1coc2c1C(C)(C)c1ccccc1C2=O. The van der Waals surface area contributed by atoms with Gasteiger partial charge in [-0.3, -0.25) is 4.79 Å². The van der Waals surface area contributed by atoms with Crippen molar-refractivity contribution in [1.82, 2.24) is 0 Å². The Morgan fingerprint density at radius 2 is 2.00 bits per heavy atom. The molecule has 2 nitrogen and oxygen atoms in total. The molecule has 0 unspecified atom stereocenters. The van der Waals surface area contributed by atoms with Crippen LogP contribution in [-0.2, 0) is 5.41 Å². The lowest BCUT2D eigenvalue weighted by Crippen LogP contribution is -2.29. The fourth-order valence-corrected chi connectivity index (χ4v) is 2.82. The van der Waals surface area contributed by atoms with Gasteiger partial charge in [0.15, 0.2) is 5.76 Å². The van der Waals surface area contributed by atoms with E-state index in [1.165, 1.54) is 0 Å². The van der Waals surface area contributed by atoms with Gasteiger partial charge in [-0.15, -0.1) is 0 Å². The van der Waals surface area contributed by atoms with Gasteiger partial charge in [0, 0.05) is 22.1 Å². The zero-order valence-corrected chi connectivity index (χ0v) is 10.5. The molecule has 0 aliphatic heterocycles. The molecular formula is C16H14O2. The summed E-state index contributed by atoms with van der Waals surface area (Å²) < 4.78 is 5.46. The van der Waals surface area contributed by atoms with Crippen LogP contribution in [-0.4, -0.2) is 5.78 Å². The topological polar surface area (TPSA) is 30.2 Å². The summed E-state index contributed by atoms with van der Waals surface area (Å²) in [6.07, 6.45) is 3.36. The molecule has 0 atom stereocenters. The maximum absolute atomic E-state index is 12.4. The van der Waals surface area contributed by atoms with Crippen molar-refractivity contribution in [1.29, 1.82) is 0 Å². The second-order valence-electron chi connectivity index (χ2n) is 5.10. The lowest BCUT2D eigenvalue weighted by molar-refractivity contribution is 0.0999. The van der Waals surface area contributed by atoms with Gasteiger partial charge in [0.05, 0.1) is 6.26 Å². The van der Waals surface area contributed by atoms with Gasteiger partial charge in [-0.05, 0) is 5.56 Å². The molecule has 0 saturated carbocycles. The number of benzene rings is 1. The van der Waals surface area contributed by atoms with Gasteiger partial charge in [-0.2, -0.15) is 0 Å². The molecule has 0 amide bonds. The van der Waals surface area contributed by atoms with Crippen LogP contribution in [0.1, 0.15) is 46.7 Å². The Kier molecular flexibility index (Phi) is 2.11. The molecule has 18 heavy (non-hydrogen) atoms.